The van der Waals surface area contributed by atoms with Gasteiger partial charge in [0.2, 0.25) is 11.9 Å². The van der Waals surface area contributed by atoms with Gasteiger partial charge in [0.25, 0.3) is 5.56 Å². The lowest BCUT2D eigenvalue weighted by Gasteiger charge is -2.47. The van der Waals surface area contributed by atoms with E-state index in [-0.39, 0.29) is 35.8 Å². The monoisotopic (exact) mass is 449 g/mol. The Morgan fingerprint density at radius 3 is 3.00 bits per heavy atom. The number of amides is 1. The number of aromatic amines is 2. The average Bonchev–Trinajstić information content (AvgIpc) is 3.41. The minimum Gasteiger partial charge on any atom is -0.350 e. The Balaban J connectivity index is 1.24. The van der Waals surface area contributed by atoms with Crippen molar-refractivity contribution in [3.63, 3.8) is 0 Å². The highest BCUT2D eigenvalue weighted by molar-refractivity contribution is 5.76. The summed E-state index contributed by atoms with van der Waals surface area (Å²) in [5, 5.41) is 14.4. The van der Waals surface area contributed by atoms with Crippen LogP contribution in [0.2, 0.25) is 0 Å². The second-order valence-electron chi connectivity index (χ2n) is 8.79. The fourth-order valence-corrected chi connectivity index (χ4v) is 5.19. The summed E-state index contributed by atoms with van der Waals surface area (Å²) in [6.07, 6.45) is 6.87. The molecule has 1 amide bonds. The number of carbonyl (C=O) groups excluding carboxylic acids is 1. The van der Waals surface area contributed by atoms with Gasteiger partial charge in [0.05, 0.1) is 12.2 Å². The minimum absolute atomic E-state index is 0.00256. The summed E-state index contributed by atoms with van der Waals surface area (Å²) in [6.45, 7) is 0.596. The molecule has 12 nitrogen and oxygen atoms in total. The first-order valence-electron chi connectivity index (χ1n) is 11.1. The van der Waals surface area contributed by atoms with E-state index in [9.17, 15) is 14.4 Å². The molecule has 3 N–H and O–H groups in total. The van der Waals surface area contributed by atoms with Gasteiger partial charge in [0.1, 0.15) is 11.9 Å². The zero-order valence-electron chi connectivity index (χ0n) is 17.8. The number of H-pyrrole nitrogens is 2. The fourth-order valence-electron chi connectivity index (χ4n) is 5.19. The molecule has 2 bridgehead atoms. The molecule has 4 aromatic heterocycles. The maximum Gasteiger partial charge on any atom is 0.350 e. The third-order valence-electron chi connectivity index (χ3n) is 6.81. The Morgan fingerprint density at radius 2 is 2.12 bits per heavy atom. The molecular formula is C21H23N9O3. The molecule has 1 aliphatic heterocycles. The number of anilines is 1. The Hall–Kier alpha value is -3.96. The molecule has 1 aliphatic carbocycles. The lowest BCUT2D eigenvalue weighted by Crippen LogP contribution is -2.59. The second kappa shape index (κ2) is 7.57. The molecule has 2 fully saturated rings. The van der Waals surface area contributed by atoms with Crippen molar-refractivity contribution in [2.75, 3.05) is 11.4 Å². The number of fused-ring (bicyclic) bond motifs is 4. The number of nitrogens with zero attached hydrogens (tertiary/aromatic N) is 6. The molecule has 33 heavy (non-hydrogen) atoms. The molecule has 4 aromatic rings. The van der Waals surface area contributed by atoms with Crippen LogP contribution in [-0.2, 0) is 11.3 Å². The number of pyridine rings is 1. The van der Waals surface area contributed by atoms with Crippen molar-refractivity contribution in [1.82, 2.24) is 39.7 Å². The molecular weight excluding hydrogens is 426 g/mol. The predicted molar refractivity (Wildman–Crippen MR) is 119 cm³/mol. The first-order chi connectivity index (χ1) is 16.1. The van der Waals surface area contributed by atoms with E-state index in [1.807, 2.05) is 0 Å². The number of hydrogen-bond donors (Lipinski definition) is 3. The Morgan fingerprint density at radius 1 is 1.21 bits per heavy atom. The molecule has 0 radical (unpaired) electrons. The molecule has 0 spiro atoms. The van der Waals surface area contributed by atoms with Gasteiger partial charge in [-0.15, -0.1) is 5.10 Å². The summed E-state index contributed by atoms with van der Waals surface area (Å²) in [7, 11) is 0. The quantitative estimate of drug-likeness (QED) is 0.398. The van der Waals surface area contributed by atoms with Gasteiger partial charge in [-0.2, -0.15) is 10.1 Å². The highest BCUT2D eigenvalue weighted by Crippen LogP contribution is 2.36. The first kappa shape index (κ1) is 19.7. The molecule has 0 aromatic carbocycles. The molecule has 1 saturated heterocycles. The largest absolute Gasteiger partial charge is 0.350 e. The molecule has 3 unspecified atom stereocenters. The van der Waals surface area contributed by atoms with Crippen LogP contribution in [0.3, 0.4) is 0 Å². The van der Waals surface area contributed by atoms with Gasteiger partial charge < -0.3 is 10.2 Å². The van der Waals surface area contributed by atoms with Crippen LogP contribution in [0.5, 0.6) is 0 Å². The first-order valence-corrected chi connectivity index (χ1v) is 11.1. The van der Waals surface area contributed by atoms with Gasteiger partial charge in [-0.3, -0.25) is 24.1 Å². The zero-order chi connectivity index (χ0) is 22.5. The van der Waals surface area contributed by atoms with Crippen LogP contribution in [-0.4, -0.2) is 58.9 Å². The summed E-state index contributed by atoms with van der Waals surface area (Å²) in [5.74, 6) is 0.806. The van der Waals surface area contributed by atoms with Crippen molar-refractivity contribution >= 4 is 28.5 Å². The highest BCUT2D eigenvalue weighted by atomic mass is 16.2. The third kappa shape index (κ3) is 3.38. The lowest BCUT2D eigenvalue weighted by molar-refractivity contribution is -0.123. The zero-order valence-corrected chi connectivity index (χ0v) is 17.8. The van der Waals surface area contributed by atoms with Crippen molar-refractivity contribution < 1.29 is 4.79 Å². The van der Waals surface area contributed by atoms with Crippen molar-refractivity contribution in [2.45, 2.75) is 44.3 Å². The highest BCUT2D eigenvalue weighted by Gasteiger charge is 2.40. The van der Waals surface area contributed by atoms with Gasteiger partial charge in [0.15, 0.2) is 11.3 Å². The number of carbonyl (C=O) groups is 1. The number of hydrogen-bond acceptors (Lipinski definition) is 7. The van der Waals surface area contributed by atoms with Crippen molar-refractivity contribution in [3.05, 3.63) is 51.4 Å². The van der Waals surface area contributed by atoms with E-state index in [4.69, 9.17) is 0 Å². The van der Waals surface area contributed by atoms with E-state index in [1.54, 1.807) is 24.4 Å². The fraction of sp³-hybridized carbons (Fsp3) is 0.429. The Bertz CT molecular complexity index is 1460. The summed E-state index contributed by atoms with van der Waals surface area (Å²) >= 11 is 0. The molecule has 5 heterocycles. The Kier molecular flexibility index (Phi) is 4.52. The Labute approximate surface area is 186 Å². The normalized spacial score (nSPS) is 22.7. The molecule has 12 heteroatoms. The third-order valence-corrected chi connectivity index (χ3v) is 6.81. The van der Waals surface area contributed by atoms with Crippen molar-refractivity contribution in [3.8, 4) is 0 Å². The molecule has 1 saturated carbocycles. The van der Waals surface area contributed by atoms with Crippen LogP contribution in [0.25, 0.3) is 16.7 Å². The second-order valence-corrected chi connectivity index (χ2v) is 8.79. The average molecular weight is 449 g/mol. The van der Waals surface area contributed by atoms with Gasteiger partial charge >= 0.3 is 5.69 Å². The van der Waals surface area contributed by atoms with E-state index in [0.29, 0.717) is 28.5 Å². The van der Waals surface area contributed by atoms with Crippen LogP contribution in [0.4, 0.5) is 5.95 Å². The maximum atomic E-state index is 12.9. The number of nitrogens with one attached hydrogen (secondary N) is 3. The van der Waals surface area contributed by atoms with Crippen molar-refractivity contribution in [2.24, 2.45) is 5.92 Å². The predicted octanol–water partition coefficient (Wildman–Crippen LogP) is 0.0194. The van der Waals surface area contributed by atoms with E-state index in [0.717, 1.165) is 32.2 Å². The van der Waals surface area contributed by atoms with E-state index in [2.05, 4.69) is 35.5 Å². The van der Waals surface area contributed by atoms with Gasteiger partial charge in [-0.1, -0.05) is 6.07 Å². The summed E-state index contributed by atoms with van der Waals surface area (Å²) in [6, 6.07) is 5.14. The smallest absolute Gasteiger partial charge is 0.350 e. The number of aromatic nitrogens is 7. The van der Waals surface area contributed by atoms with E-state index >= 15 is 0 Å². The molecule has 6 rings (SSSR count). The molecule has 3 atom stereocenters. The van der Waals surface area contributed by atoms with Gasteiger partial charge in [-0.25, -0.2) is 9.48 Å². The van der Waals surface area contributed by atoms with E-state index < -0.39 is 0 Å². The van der Waals surface area contributed by atoms with Gasteiger partial charge in [-0.05, 0) is 43.7 Å². The topological polar surface area (TPSA) is 146 Å². The van der Waals surface area contributed by atoms with Gasteiger partial charge in [0, 0.05) is 18.8 Å². The van der Waals surface area contributed by atoms with Crippen LogP contribution < -0.4 is 21.5 Å². The SMILES string of the molecule is O=C(Cn1nc2ccccn2c1=O)NC1CCC2CCN(c3nc4[nH]ncc4c(=O)[nH]3)C1C2. The number of piperidine rings is 1. The van der Waals surface area contributed by atoms with Crippen LogP contribution in [0.1, 0.15) is 25.7 Å². The van der Waals surface area contributed by atoms with E-state index in [1.165, 1.54) is 15.3 Å². The summed E-state index contributed by atoms with van der Waals surface area (Å²) < 4.78 is 2.59. The van der Waals surface area contributed by atoms with Crippen molar-refractivity contribution in [1.29, 1.82) is 0 Å². The molecule has 2 aliphatic rings. The maximum absolute atomic E-state index is 12.9. The van der Waals surface area contributed by atoms with Crippen LogP contribution in [0.15, 0.2) is 40.2 Å². The van der Waals surface area contributed by atoms with Crippen LogP contribution >= 0.6 is 0 Å². The standard InChI is InChI=1S/C21H23N9O3/c31-17(11-30-21(33)29-7-2-1-3-16(29)27-30)23-14-5-4-12-6-8-28(15(14)9-12)20-24-18-13(10-22-26-18)19(32)25-20/h1-3,7,10,12,14-15H,4-6,8-9,11H2,(H,23,31)(H2,22,24,25,26,32). The lowest BCUT2D eigenvalue weighted by atomic mass is 9.77. The molecule has 170 valence electrons. The minimum atomic E-state index is -0.349. The van der Waals surface area contributed by atoms with Crippen LogP contribution in [0, 0.1) is 5.92 Å². The summed E-state index contributed by atoms with van der Waals surface area (Å²) in [5.41, 5.74) is 0.351. The summed E-state index contributed by atoms with van der Waals surface area (Å²) in [4.78, 5) is 47.4. The number of rotatable bonds is 4.